The average Bonchev–Trinajstić information content (AvgIpc) is 3.02. The molecule has 1 aliphatic rings. The number of pyridine rings is 1. The SMILES string of the molecule is COc1cc(F)c(Oc2ccc(C(F)(F)F)cn2)cc1NC(=O)[C@@H]1COC(=O)N1C. The number of alkyl halides is 3. The Hall–Kier alpha value is -3.57. The minimum Gasteiger partial charge on any atom is -0.494 e. The number of hydrogen-bond donors (Lipinski definition) is 1. The van der Waals surface area contributed by atoms with Crippen molar-refractivity contribution in [3.63, 3.8) is 0 Å². The second kappa shape index (κ2) is 8.05. The summed E-state index contributed by atoms with van der Waals surface area (Å²) in [5.74, 6) is -2.26. The molecule has 2 aromatic rings. The summed E-state index contributed by atoms with van der Waals surface area (Å²) in [6.07, 6.45) is -4.70. The van der Waals surface area contributed by atoms with Gasteiger partial charge >= 0.3 is 12.3 Å². The van der Waals surface area contributed by atoms with Gasteiger partial charge in [0.2, 0.25) is 5.88 Å². The number of carbonyl (C=O) groups excluding carboxylic acids is 2. The molecular weight excluding hydrogens is 414 g/mol. The van der Waals surface area contributed by atoms with Crippen molar-refractivity contribution in [3.05, 3.63) is 41.8 Å². The predicted molar refractivity (Wildman–Crippen MR) is 93.8 cm³/mol. The molecule has 30 heavy (non-hydrogen) atoms. The van der Waals surface area contributed by atoms with E-state index in [0.29, 0.717) is 6.20 Å². The number of nitrogens with zero attached hydrogens (tertiary/aromatic N) is 2. The first-order chi connectivity index (χ1) is 14.1. The van der Waals surface area contributed by atoms with E-state index in [2.05, 4.69) is 10.3 Å². The first kappa shape index (κ1) is 21.1. The smallest absolute Gasteiger partial charge is 0.417 e. The summed E-state index contributed by atoms with van der Waals surface area (Å²) in [6, 6.07) is 2.77. The second-order valence-electron chi connectivity index (χ2n) is 6.16. The minimum absolute atomic E-state index is 0.0126. The van der Waals surface area contributed by atoms with Gasteiger partial charge in [-0.25, -0.2) is 14.2 Å². The number of ether oxygens (including phenoxy) is 3. The zero-order chi connectivity index (χ0) is 22.1. The zero-order valence-corrected chi connectivity index (χ0v) is 15.6. The van der Waals surface area contributed by atoms with Crippen molar-refractivity contribution in [1.82, 2.24) is 9.88 Å². The zero-order valence-electron chi connectivity index (χ0n) is 15.6. The lowest BCUT2D eigenvalue weighted by atomic mass is 10.2. The second-order valence-corrected chi connectivity index (χ2v) is 6.16. The number of amides is 2. The Morgan fingerprint density at radius 2 is 2.03 bits per heavy atom. The van der Waals surface area contributed by atoms with Gasteiger partial charge in [-0.15, -0.1) is 0 Å². The van der Waals surface area contributed by atoms with Gasteiger partial charge in [-0.2, -0.15) is 13.2 Å². The lowest BCUT2D eigenvalue weighted by Gasteiger charge is -2.18. The van der Waals surface area contributed by atoms with Crippen LogP contribution < -0.4 is 14.8 Å². The number of cyclic esters (lactones) is 1. The molecule has 0 saturated carbocycles. The summed E-state index contributed by atoms with van der Waals surface area (Å²) in [4.78, 5) is 28.4. The van der Waals surface area contributed by atoms with E-state index in [4.69, 9.17) is 14.2 Å². The number of halogens is 4. The van der Waals surface area contributed by atoms with E-state index >= 15 is 0 Å². The number of rotatable bonds is 5. The van der Waals surface area contributed by atoms with E-state index in [1.165, 1.54) is 14.2 Å². The van der Waals surface area contributed by atoms with Gasteiger partial charge in [0.25, 0.3) is 5.91 Å². The van der Waals surface area contributed by atoms with Crippen LogP contribution in [0, 0.1) is 5.82 Å². The van der Waals surface area contributed by atoms with Crippen LogP contribution >= 0.6 is 0 Å². The van der Waals surface area contributed by atoms with Crippen molar-refractivity contribution in [2.24, 2.45) is 0 Å². The molecule has 0 aliphatic carbocycles. The van der Waals surface area contributed by atoms with Crippen LogP contribution in [0.5, 0.6) is 17.4 Å². The highest BCUT2D eigenvalue weighted by atomic mass is 19.4. The number of hydrogen-bond acceptors (Lipinski definition) is 6. The van der Waals surface area contributed by atoms with Gasteiger partial charge in [-0.05, 0) is 6.07 Å². The van der Waals surface area contributed by atoms with Crippen LogP contribution in [-0.4, -0.2) is 48.7 Å². The number of aromatic nitrogens is 1. The Labute approximate surface area is 167 Å². The molecule has 1 fully saturated rings. The molecule has 3 rings (SSSR count). The van der Waals surface area contributed by atoms with Crippen molar-refractivity contribution in [2.75, 3.05) is 26.1 Å². The molecule has 1 aliphatic heterocycles. The maximum atomic E-state index is 14.3. The number of benzene rings is 1. The molecule has 1 saturated heterocycles. The molecule has 160 valence electrons. The molecule has 2 amide bonds. The highest BCUT2D eigenvalue weighted by Crippen LogP contribution is 2.35. The Morgan fingerprint density at radius 1 is 1.30 bits per heavy atom. The van der Waals surface area contributed by atoms with Crippen LogP contribution in [0.1, 0.15) is 5.56 Å². The normalized spacial score (nSPS) is 16.3. The fourth-order valence-electron chi connectivity index (χ4n) is 2.56. The third-order valence-corrected chi connectivity index (χ3v) is 4.21. The molecule has 12 heteroatoms. The Kier molecular flexibility index (Phi) is 5.67. The van der Waals surface area contributed by atoms with Crippen LogP contribution in [0.25, 0.3) is 0 Å². The Bertz CT molecular complexity index is 966. The Balaban J connectivity index is 1.82. The van der Waals surface area contributed by atoms with Crippen LogP contribution in [0.3, 0.4) is 0 Å². The quantitative estimate of drug-likeness (QED) is 0.733. The molecule has 0 unspecified atom stereocenters. The number of methoxy groups -OCH3 is 1. The maximum absolute atomic E-state index is 14.3. The van der Waals surface area contributed by atoms with Gasteiger partial charge in [0.15, 0.2) is 11.6 Å². The van der Waals surface area contributed by atoms with Crippen molar-refractivity contribution < 1.29 is 41.4 Å². The summed E-state index contributed by atoms with van der Waals surface area (Å²) < 4.78 is 67.2. The van der Waals surface area contributed by atoms with Crippen molar-refractivity contribution in [1.29, 1.82) is 0 Å². The van der Waals surface area contributed by atoms with Gasteiger partial charge in [0.05, 0.1) is 18.4 Å². The molecule has 0 radical (unpaired) electrons. The molecule has 1 N–H and O–H groups in total. The molecule has 2 heterocycles. The summed E-state index contributed by atoms with van der Waals surface area (Å²) in [5, 5.41) is 2.48. The molecule has 1 atom stereocenters. The van der Waals surface area contributed by atoms with Gasteiger partial charge in [-0.3, -0.25) is 9.69 Å². The Morgan fingerprint density at radius 3 is 2.57 bits per heavy atom. The first-order valence-corrected chi connectivity index (χ1v) is 8.39. The number of anilines is 1. The van der Waals surface area contributed by atoms with Gasteiger partial charge < -0.3 is 19.5 Å². The monoisotopic (exact) mass is 429 g/mol. The highest BCUT2D eigenvalue weighted by molar-refractivity contribution is 5.98. The van der Waals surface area contributed by atoms with Crippen LogP contribution in [-0.2, 0) is 15.7 Å². The van der Waals surface area contributed by atoms with E-state index in [-0.39, 0.29) is 23.9 Å². The summed E-state index contributed by atoms with van der Waals surface area (Å²) in [6.45, 7) is -0.163. The lowest BCUT2D eigenvalue weighted by Crippen LogP contribution is -2.40. The molecule has 0 spiro atoms. The van der Waals surface area contributed by atoms with Crippen LogP contribution in [0.15, 0.2) is 30.5 Å². The number of likely N-dealkylation sites (N-methyl/N-ethyl adjacent to an activating group) is 1. The number of nitrogens with one attached hydrogen (secondary N) is 1. The van der Waals surface area contributed by atoms with Crippen molar-refractivity contribution >= 4 is 17.7 Å². The van der Waals surface area contributed by atoms with E-state index in [0.717, 1.165) is 29.2 Å². The van der Waals surface area contributed by atoms with Gasteiger partial charge in [-0.1, -0.05) is 0 Å². The van der Waals surface area contributed by atoms with E-state index in [1.807, 2.05) is 0 Å². The highest BCUT2D eigenvalue weighted by Gasteiger charge is 2.35. The average molecular weight is 429 g/mol. The van der Waals surface area contributed by atoms with Crippen LogP contribution in [0.4, 0.5) is 28.0 Å². The largest absolute Gasteiger partial charge is 0.494 e. The van der Waals surface area contributed by atoms with E-state index in [9.17, 15) is 27.2 Å². The van der Waals surface area contributed by atoms with E-state index < -0.39 is 41.3 Å². The van der Waals surface area contributed by atoms with Crippen LogP contribution in [0.2, 0.25) is 0 Å². The molecule has 1 aromatic carbocycles. The fraction of sp³-hybridized carbons (Fsp3) is 0.278. The molecule has 8 nitrogen and oxygen atoms in total. The molecular formula is C18H15F4N3O5. The van der Waals surface area contributed by atoms with Crippen molar-refractivity contribution in [2.45, 2.75) is 12.2 Å². The standard InChI is InChI=1S/C18H15F4N3O5/c1-25-12(8-29-17(25)27)16(26)24-11-6-13(10(19)5-14(11)28-2)30-15-4-3-9(7-23-15)18(20,21)22/h3-7,12H,8H2,1-2H3,(H,24,26)/t12-/m0/s1. The van der Waals surface area contributed by atoms with Gasteiger partial charge in [0, 0.05) is 31.4 Å². The topological polar surface area (TPSA) is 90.0 Å². The van der Waals surface area contributed by atoms with Gasteiger partial charge in [0.1, 0.15) is 18.4 Å². The lowest BCUT2D eigenvalue weighted by molar-refractivity contribution is -0.137. The number of carbonyl (C=O) groups is 2. The minimum atomic E-state index is -4.58. The molecule has 1 aromatic heterocycles. The van der Waals surface area contributed by atoms with Crippen molar-refractivity contribution in [3.8, 4) is 17.4 Å². The first-order valence-electron chi connectivity index (χ1n) is 8.39. The summed E-state index contributed by atoms with van der Waals surface area (Å²) in [5.41, 5.74) is -0.978. The predicted octanol–water partition coefficient (Wildman–Crippen LogP) is 3.43. The third-order valence-electron chi connectivity index (χ3n) is 4.21. The van der Waals surface area contributed by atoms with E-state index in [1.54, 1.807) is 0 Å². The maximum Gasteiger partial charge on any atom is 0.417 e. The molecule has 0 bridgehead atoms. The third kappa shape index (κ3) is 4.36. The summed E-state index contributed by atoms with van der Waals surface area (Å²) >= 11 is 0. The summed E-state index contributed by atoms with van der Waals surface area (Å²) in [7, 11) is 2.63. The fourth-order valence-corrected chi connectivity index (χ4v) is 2.56.